The van der Waals surface area contributed by atoms with E-state index in [9.17, 15) is 14.9 Å². The van der Waals surface area contributed by atoms with E-state index in [0.29, 0.717) is 21.4 Å². The fourth-order valence-electron chi connectivity index (χ4n) is 1.77. The number of anilines is 2. The average Bonchev–Trinajstić information content (AvgIpc) is 2.48. The monoisotopic (exact) mass is 349 g/mol. The topological polar surface area (TPSA) is 89.5 Å². The Morgan fingerprint density at radius 2 is 1.86 bits per heavy atom. The van der Waals surface area contributed by atoms with E-state index in [1.807, 2.05) is 0 Å². The zero-order valence-electron chi connectivity index (χ0n) is 11.1. The number of carbonyl (C=O) groups excluding carboxylic acids is 1. The first kappa shape index (κ1) is 15.0. The molecule has 0 aromatic heterocycles. The maximum Gasteiger partial charge on any atom is 0.269 e. The van der Waals surface area contributed by atoms with Crippen LogP contribution in [0.15, 0.2) is 46.9 Å². The van der Waals surface area contributed by atoms with Crippen LogP contribution in [0.25, 0.3) is 0 Å². The number of carbonyl (C=O) groups is 1. The molecule has 0 atom stereocenters. The van der Waals surface area contributed by atoms with Gasteiger partial charge in [0.25, 0.3) is 11.6 Å². The van der Waals surface area contributed by atoms with E-state index in [-0.39, 0.29) is 11.6 Å². The van der Waals surface area contributed by atoms with Crippen LogP contribution in [0.3, 0.4) is 0 Å². The molecule has 108 valence electrons. The summed E-state index contributed by atoms with van der Waals surface area (Å²) in [7, 11) is 1.60. The van der Waals surface area contributed by atoms with Crippen LogP contribution in [-0.4, -0.2) is 17.9 Å². The number of amides is 1. The number of nitro benzene ring substituents is 1. The van der Waals surface area contributed by atoms with Crippen LogP contribution in [0.4, 0.5) is 17.1 Å². The molecule has 0 unspecified atom stereocenters. The summed E-state index contributed by atoms with van der Waals surface area (Å²) in [6, 6.07) is 10.7. The number of nitrogen functional groups attached to an aromatic ring is 1. The summed E-state index contributed by atoms with van der Waals surface area (Å²) in [5.41, 5.74) is 7.25. The van der Waals surface area contributed by atoms with Crippen molar-refractivity contribution in [3.8, 4) is 0 Å². The van der Waals surface area contributed by atoms with E-state index in [1.165, 1.54) is 29.2 Å². The fourth-order valence-corrected chi connectivity index (χ4v) is 2.15. The van der Waals surface area contributed by atoms with E-state index in [4.69, 9.17) is 5.73 Å². The van der Waals surface area contributed by atoms with Crippen LogP contribution in [0.1, 0.15) is 10.4 Å². The summed E-state index contributed by atoms with van der Waals surface area (Å²) in [4.78, 5) is 23.9. The molecule has 0 bridgehead atoms. The molecule has 0 fully saturated rings. The van der Waals surface area contributed by atoms with Crippen LogP contribution in [0.5, 0.6) is 0 Å². The van der Waals surface area contributed by atoms with Gasteiger partial charge in [-0.25, -0.2) is 0 Å². The quantitative estimate of drug-likeness (QED) is 0.523. The Kier molecular flexibility index (Phi) is 4.23. The normalized spacial score (nSPS) is 10.2. The Morgan fingerprint density at radius 1 is 1.24 bits per heavy atom. The number of rotatable bonds is 3. The minimum atomic E-state index is -0.483. The number of non-ortho nitro benzene ring substituents is 1. The number of hydrogen-bond acceptors (Lipinski definition) is 4. The number of nitrogens with two attached hydrogens (primary N) is 1. The molecule has 0 heterocycles. The summed E-state index contributed by atoms with van der Waals surface area (Å²) in [5, 5.41) is 10.6. The molecule has 2 N–H and O–H groups in total. The Morgan fingerprint density at radius 3 is 2.38 bits per heavy atom. The van der Waals surface area contributed by atoms with Gasteiger partial charge < -0.3 is 10.6 Å². The van der Waals surface area contributed by atoms with Gasteiger partial charge in [-0.3, -0.25) is 14.9 Å². The lowest BCUT2D eigenvalue weighted by Crippen LogP contribution is -2.26. The van der Waals surface area contributed by atoms with Crippen molar-refractivity contribution < 1.29 is 9.72 Å². The molecule has 21 heavy (non-hydrogen) atoms. The van der Waals surface area contributed by atoms with E-state index in [1.54, 1.807) is 25.2 Å². The highest BCUT2D eigenvalue weighted by molar-refractivity contribution is 9.10. The van der Waals surface area contributed by atoms with Crippen molar-refractivity contribution in [2.75, 3.05) is 17.7 Å². The standard InChI is InChI=1S/C14H12BrN3O3/c1-17(10-3-5-11(6-4-10)18(20)21)14(19)9-2-7-13(16)12(15)8-9/h2-8H,16H2,1H3. The van der Waals surface area contributed by atoms with Gasteiger partial charge in [0, 0.05) is 40.6 Å². The molecule has 0 aliphatic heterocycles. The SMILES string of the molecule is CN(C(=O)c1ccc(N)c(Br)c1)c1ccc([N+](=O)[O-])cc1. The maximum atomic E-state index is 12.4. The highest BCUT2D eigenvalue weighted by Gasteiger charge is 2.15. The number of nitro groups is 1. The Labute approximate surface area is 129 Å². The summed E-state index contributed by atoms with van der Waals surface area (Å²) in [6.07, 6.45) is 0. The number of benzene rings is 2. The van der Waals surface area contributed by atoms with Gasteiger partial charge in [-0.05, 0) is 46.3 Å². The Balaban J connectivity index is 2.25. The second-order valence-corrected chi connectivity index (χ2v) is 5.23. The Bertz CT molecular complexity index is 701. The van der Waals surface area contributed by atoms with Crippen molar-refractivity contribution in [1.29, 1.82) is 0 Å². The minimum Gasteiger partial charge on any atom is -0.398 e. The van der Waals surface area contributed by atoms with E-state index >= 15 is 0 Å². The second kappa shape index (κ2) is 5.92. The molecule has 1 amide bonds. The lowest BCUT2D eigenvalue weighted by molar-refractivity contribution is -0.384. The maximum absolute atomic E-state index is 12.4. The lowest BCUT2D eigenvalue weighted by Gasteiger charge is -2.17. The molecular weight excluding hydrogens is 338 g/mol. The third kappa shape index (κ3) is 3.19. The molecule has 0 saturated heterocycles. The van der Waals surface area contributed by atoms with Crippen molar-refractivity contribution in [2.45, 2.75) is 0 Å². The second-order valence-electron chi connectivity index (χ2n) is 4.37. The predicted molar refractivity (Wildman–Crippen MR) is 84.4 cm³/mol. The molecular formula is C14H12BrN3O3. The van der Waals surface area contributed by atoms with E-state index in [2.05, 4.69) is 15.9 Å². The zero-order chi connectivity index (χ0) is 15.6. The van der Waals surface area contributed by atoms with Gasteiger partial charge in [0.2, 0.25) is 0 Å². The van der Waals surface area contributed by atoms with Crippen LogP contribution >= 0.6 is 15.9 Å². The van der Waals surface area contributed by atoms with Crippen LogP contribution < -0.4 is 10.6 Å². The van der Waals surface area contributed by atoms with Crippen molar-refractivity contribution >= 4 is 38.9 Å². The van der Waals surface area contributed by atoms with Crippen LogP contribution in [-0.2, 0) is 0 Å². The average molecular weight is 350 g/mol. The molecule has 0 aliphatic carbocycles. The first-order chi connectivity index (χ1) is 9.90. The summed E-state index contributed by atoms with van der Waals surface area (Å²) >= 11 is 3.27. The van der Waals surface area contributed by atoms with E-state index in [0.717, 1.165) is 0 Å². The van der Waals surface area contributed by atoms with E-state index < -0.39 is 4.92 Å². The smallest absolute Gasteiger partial charge is 0.269 e. The first-order valence-corrected chi connectivity index (χ1v) is 6.77. The number of hydrogen-bond donors (Lipinski definition) is 1. The molecule has 2 aromatic rings. The van der Waals surface area contributed by atoms with Crippen LogP contribution in [0.2, 0.25) is 0 Å². The minimum absolute atomic E-state index is 0.0187. The number of halogens is 1. The zero-order valence-corrected chi connectivity index (χ0v) is 12.7. The third-order valence-electron chi connectivity index (χ3n) is 3.00. The van der Waals surface area contributed by atoms with Crippen molar-refractivity contribution in [2.24, 2.45) is 0 Å². The highest BCUT2D eigenvalue weighted by Crippen LogP contribution is 2.23. The van der Waals surface area contributed by atoms with Gasteiger partial charge in [0.05, 0.1) is 4.92 Å². The van der Waals surface area contributed by atoms with Crippen molar-refractivity contribution in [3.05, 3.63) is 62.6 Å². The first-order valence-electron chi connectivity index (χ1n) is 5.97. The third-order valence-corrected chi connectivity index (χ3v) is 3.69. The summed E-state index contributed by atoms with van der Waals surface area (Å²) in [6.45, 7) is 0. The van der Waals surface area contributed by atoms with Gasteiger partial charge in [-0.1, -0.05) is 0 Å². The molecule has 0 radical (unpaired) electrons. The van der Waals surface area contributed by atoms with Gasteiger partial charge >= 0.3 is 0 Å². The number of nitrogens with zero attached hydrogens (tertiary/aromatic N) is 2. The molecule has 2 aromatic carbocycles. The van der Waals surface area contributed by atoms with Gasteiger partial charge in [0.1, 0.15) is 0 Å². The molecule has 6 nitrogen and oxygen atoms in total. The van der Waals surface area contributed by atoms with Gasteiger partial charge in [-0.15, -0.1) is 0 Å². The molecule has 2 rings (SSSR count). The molecule has 0 spiro atoms. The largest absolute Gasteiger partial charge is 0.398 e. The van der Waals surface area contributed by atoms with Gasteiger partial charge in [-0.2, -0.15) is 0 Å². The van der Waals surface area contributed by atoms with Crippen molar-refractivity contribution in [3.63, 3.8) is 0 Å². The lowest BCUT2D eigenvalue weighted by atomic mass is 10.1. The molecule has 0 saturated carbocycles. The molecule has 7 heteroatoms. The predicted octanol–water partition coefficient (Wildman–Crippen LogP) is 3.22. The highest BCUT2D eigenvalue weighted by atomic mass is 79.9. The fraction of sp³-hybridized carbons (Fsp3) is 0.0714. The van der Waals surface area contributed by atoms with Crippen LogP contribution in [0, 0.1) is 10.1 Å². The van der Waals surface area contributed by atoms with Gasteiger partial charge in [0.15, 0.2) is 0 Å². The Hall–Kier alpha value is -2.41. The summed E-state index contributed by atoms with van der Waals surface area (Å²) in [5.74, 6) is -0.232. The van der Waals surface area contributed by atoms with Crippen molar-refractivity contribution in [1.82, 2.24) is 0 Å². The summed E-state index contributed by atoms with van der Waals surface area (Å²) < 4.78 is 0.644. The molecule has 0 aliphatic rings.